The Kier molecular flexibility index (Phi) is 6.31. The molecule has 4 aromatic rings. The predicted octanol–water partition coefficient (Wildman–Crippen LogP) is 4.45. The zero-order valence-electron chi connectivity index (χ0n) is 18.4. The Morgan fingerprint density at radius 3 is 2.34 bits per heavy atom. The van der Waals surface area contributed by atoms with Crippen molar-refractivity contribution < 1.29 is 9.53 Å². The minimum absolute atomic E-state index is 0.161. The topological polar surface area (TPSA) is 67.3 Å². The van der Waals surface area contributed by atoms with E-state index in [0.717, 1.165) is 33.5 Å². The van der Waals surface area contributed by atoms with Crippen molar-refractivity contribution in [2.75, 3.05) is 19.0 Å². The molecule has 0 radical (unpaired) electrons. The van der Waals surface area contributed by atoms with Crippen molar-refractivity contribution in [1.29, 1.82) is 0 Å². The molecule has 1 atom stereocenters. The van der Waals surface area contributed by atoms with Crippen molar-refractivity contribution in [3.8, 4) is 17.0 Å². The third kappa shape index (κ3) is 5.03. The van der Waals surface area contributed by atoms with Gasteiger partial charge >= 0.3 is 0 Å². The highest BCUT2D eigenvalue weighted by atomic mass is 16.5. The first kappa shape index (κ1) is 21.3. The Morgan fingerprint density at radius 1 is 0.969 bits per heavy atom. The molecule has 6 nitrogen and oxygen atoms in total. The molecular weight excluding hydrogens is 400 g/mol. The Morgan fingerprint density at radius 2 is 1.66 bits per heavy atom. The van der Waals surface area contributed by atoms with Crippen molar-refractivity contribution in [2.24, 2.45) is 0 Å². The van der Waals surface area contributed by atoms with E-state index in [2.05, 4.69) is 15.3 Å². The largest absolute Gasteiger partial charge is 0.481 e. The van der Waals surface area contributed by atoms with Gasteiger partial charge in [0.05, 0.1) is 22.9 Å². The maximum atomic E-state index is 12.4. The molecular formula is C26H26N4O2. The van der Waals surface area contributed by atoms with Crippen LogP contribution >= 0.6 is 0 Å². The van der Waals surface area contributed by atoms with Crippen LogP contribution in [0.2, 0.25) is 0 Å². The van der Waals surface area contributed by atoms with Crippen molar-refractivity contribution in [3.05, 3.63) is 84.6 Å². The molecule has 0 aliphatic rings. The van der Waals surface area contributed by atoms with Gasteiger partial charge in [-0.25, -0.2) is 4.98 Å². The van der Waals surface area contributed by atoms with Gasteiger partial charge in [-0.05, 0) is 61.0 Å². The highest BCUT2D eigenvalue weighted by Crippen LogP contribution is 2.22. The third-order valence-electron chi connectivity index (χ3n) is 5.20. The van der Waals surface area contributed by atoms with Gasteiger partial charge in [-0.2, -0.15) is 0 Å². The minimum Gasteiger partial charge on any atom is -0.481 e. The van der Waals surface area contributed by atoms with Gasteiger partial charge in [0, 0.05) is 31.9 Å². The number of ether oxygens (including phenoxy) is 1. The molecule has 1 amide bonds. The van der Waals surface area contributed by atoms with E-state index in [-0.39, 0.29) is 5.91 Å². The maximum Gasteiger partial charge on any atom is 0.261 e. The summed E-state index contributed by atoms with van der Waals surface area (Å²) in [6.45, 7) is 2.20. The number of carbonyl (C=O) groups is 1. The summed E-state index contributed by atoms with van der Waals surface area (Å²) < 4.78 is 5.82. The molecule has 32 heavy (non-hydrogen) atoms. The summed E-state index contributed by atoms with van der Waals surface area (Å²) in [7, 11) is 4.00. The number of hydrogen-bond donors (Lipinski definition) is 1. The van der Waals surface area contributed by atoms with Crippen LogP contribution in [0.3, 0.4) is 0 Å². The summed E-state index contributed by atoms with van der Waals surface area (Å²) in [6, 6.07) is 23.4. The van der Waals surface area contributed by atoms with Crippen LogP contribution in [0.5, 0.6) is 5.75 Å². The van der Waals surface area contributed by atoms with Crippen LogP contribution in [0.15, 0.2) is 79.0 Å². The van der Waals surface area contributed by atoms with Gasteiger partial charge in [0.15, 0.2) is 6.10 Å². The second-order valence-corrected chi connectivity index (χ2v) is 7.81. The van der Waals surface area contributed by atoms with E-state index in [1.165, 1.54) is 0 Å². The zero-order chi connectivity index (χ0) is 22.5. The number of amides is 1. The van der Waals surface area contributed by atoms with Gasteiger partial charge in [-0.1, -0.05) is 24.3 Å². The lowest BCUT2D eigenvalue weighted by Crippen LogP contribution is -2.35. The number of fused-ring (bicyclic) bond motifs is 1. The average Bonchev–Trinajstić information content (AvgIpc) is 2.83. The van der Waals surface area contributed by atoms with Crippen LogP contribution in [0, 0.1) is 0 Å². The molecule has 1 heterocycles. The molecule has 1 aromatic heterocycles. The normalized spacial score (nSPS) is 11.7. The first-order valence-corrected chi connectivity index (χ1v) is 10.5. The molecule has 1 unspecified atom stereocenters. The monoisotopic (exact) mass is 426 g/mol. The molecule has 0 fully saturated rings. The number of hydrogen-bond acceptors (Lipinski definition) is 5. The number of nitrogens with one attached hydrogen (secondary N) is 1. The summed E-state index contributed by atoms with van der Waals surface area (Å²) in [5.41, 5.74) is 5.61. The summed E-state index contributed by atoms with van der Waals surface area (Å²) in [5, 5.41) is 2.93. The van der Waals surface area contributed by atoms with Crippen molar-refractivity contribution >= 4 is 22.6 Å². The van der Waals surface area contributed by atoms with Crippen molar-refractivity contribution in [3.63, 3.8) is 0 Å². The van der Waals surface area contributed by atoms with Gasteiger partial charge in [0.25, 0.3) is 5.91 Å². The van der Waals surface area contributed by atoms with E-state index in [1.807, 2.05) is 91.8 Å². The summed E-state index contributed by atoms with van der Waals surface area (Å²) >= 11 is 0. The minimum atomic E-state index is -0.609. The van der Waals surface area contributed by atoms with Crippen LogP contribution in [0.4, 0.5) is 5.69 Å². The Balaban J connectivity index is 1.34. The fourth-order valence-electron chi connectivity index (χ4n) is 3.30. The number of benzene rings is 3. The maximum absolute atomic E-state index is 12.4. The number of nitrogens with zero attached hydrogens (tertiary/aromatic N) is 3. The van der Waals surface area contributed by atoms with Gasteiger partial charge in [-0.3, -0.25) is 9.78 Å². The van der Waals surface area contributed by atoms with E-state index in [0.29, 0.717) is 12.3 Å². The molecule has 3 aromatic carbocycles. The van der Waals surface area contributed by atoms with Crippen molar-refractivity contribution in [2.45, 2.75) is 19.6 Å². The lowest BCUT2D eigenvalue weighted by atomic mass is 10.1. The van der Waals surface area contributed by atoms with Crippen LogP contribution in [0.25, 0.3) is 22.3 Å². The molecule has 162 valence electrons. The van der Waals surface area contributed by atoms with E-state index in [1.54, 1.807) is 13.1 Å². The third-order valence-corrected chi connectivity index (χ3v) is 5.20. The van der Waals surface area contributed by atoms with Crippen LogP contribution in [-0.2, 0) is 11.3 Å². The molecule has 0 aliphatic heterocycles. The molecule has 0 aliphatic carbocycles. The van der Waals surface area contributed by atoms with Gasteiger partial charge in [-0.15, -0.1) is 0 Å². The Bertz CT molecular complexity index is 1200. The molecule has 6 heteroatoms. The number of carbonyl (C=O) groups excluding carboxylic acids is 1. The highest BCUT2D eigenvalue weighted by molar-refractivity contribution is 5.80. The highest BCUT2D eigenvalue weighted by Gasteiger charge is 2.14. The van der Waals surface area contributed by atoms with Crippen molar-refractivity contribution in [1.82, 2.24) is 15.3 Å². The molecule has 0 spiro atoms. The summed E-state index contributed by atoms with van der Waals surface area (Å²) in [6.07, 6.45) is 1.15. The first-order chi connectivity index (χ1) is 15.5. The van der Waals surface area contributed by atoms with E-state index >= 15 is 0 Å². The lowest BCUT2D eigenvalue weighted by Gasteiger charge is -2.16. The number of para-hydroxylation sites is 2. The summed E-state index contributed by atoms with van der Waals surface area (Å²) in [4.78, 5) is 23.6. The van der Waals surface area contributed by atoms with E-state index < -0.39 is 6.10 Å². The summed E-state index contributed by atoms with van der Waals surface area (Å²) in [5.74, 6) is 0.464. The van der Waals surface area contributed by atoms with E-state index in [4.69, 9.17) is 4.74 Å². The van der Waals surface area contributed by atoms with Gasteiger partial charge < -0.3 is 15.0 Å². The first-order valence-electron chi connectivity index (χ1n) is 10.5. The van der Waals surface area contributed by atoms with Crippen LogP contribution in [-0.4, -0.2) is 36.1 Å². The second-order valence-electron chi connectivity index (χ2n) is 7.81. The zero-order valence-corrected chi connectivity index (χ0v) is 18.4. The molecule has 0 saturated carbocycles. The predicted molar refractivity (Wildman–Crippen MR) is 128 cm³/mol. The van der Waals surface area contributed by atoms with E-state index in [9.17, 15) is 4.79 Å². The number of rotatable bonds is 7. The van der Waals surface area contributed by atoms with Gasteiger partial charge in [0.1, 0.15) is 5.75 Å². The average molecular weight is 427 g/mol. The SMILES string of the molecule is CC(Oc1ccc(-c2cnc3ccccc3n2)cc1)C(=O)NCc1ccc(N(C)C)cc1. The quantitative estimate of drug-likeness (QED) is 0.473. The van der Waals surface area contributed by atoms with Crippen LogP contribution in [0.1, 0.15) is 12.5 Å². The lowest BCUT2D eigenvalue weighted by molar-refractivity contribution is -0.127. The Labute approximate surface area is 187 Å². The van der Waals surface area contributed by atoms with Gasteiger partial charge in [0.2, 0.25) is 0 Å². The Hall–Kier alpha value is -3.93. The smallest absolute Gasteiger partial charge is 0.261 e. The second kappa shape index (κ2) is 9.47. The number of anilines is 1. The fraction of sp³-hybridized carbons (Fsp3) is 0.192. The number of aromatic nitrogens is 2. The van der Waals surface area contributed by atoms with Crippen LogP contribution < -0.4 is 15.0 Å². The molecule has 4 rings (SSSR count). The molecule has 0 bridgehead atoms. The fourth-order valence-corrected chi connectivity index (χ4v) is 3.30. The standard InChI is InChI=1S/C26H26N4O2/c1-18(26(31)28-16-19-8-12-21(13-9-19)30(2)3)32-22-14-10-20(11-15-22)25-17-27-23-6-4-5-7-24(23)29-25/h4-15,17-18H,16H2,1-3H3,(H,28,31). The molecule has 0 saturated heterocycles. The molecule has 1 N–H and O–H groups in total.